The molecular formula is C12H14FN5O2. The third-order valence-corrected chi connectivity index (χ3v) is 2.88. The van der Waals surface area contributed by atoms with Gasteiger partial charge in [0.15, 0.2) is 0 Å². The van der Waals surface area contributed by atoms with Gasteiger partial charge in [0.2, 0.25) is 5.82 Å². The second-order valence-corrected chi connectivity index (χ2v) is 4.38. The molecule has 0 aliphatic heterocycles. The van der Waals surface area contributed by atoms with E-state index >= 15 is 0 Å². The Labute approximate surface area is 114 Å². The molecule has 0 saturated carbocycles. The van der Waals surface area contributed by atoms with Crippen LogP contribution in [0.5, 0.6) is 0 Å². The lowest BCUT2D eigenvalue weighted by atomic mass is 10.1. The summed E-state index contributed by atoms with van der Waals surface area (Å²) in [5.74, 6) is -0.914. The van der Waals surface area contributed by atoms with Gasteiger partial charge in [0.05, 0.1) is 28.5 Å². The molecule has 0 spiro atoms. The summed E-state index contributed by atoms with van der Waals surface area (Å²) >= 11 is 0. The third kappa shape index (κ3) is 2.80. The quantitative estimate of drug-likeness (QED) is 0.667. The van der Waals surface area contributed by atoms with Gasteiger partial charge >= 0.3 is 5.69 Å². The van der Waals surface area contributed by atoms with Crippen LogP contribution in [0.3, 0.4) is 0 Å². The first-order valence-corrected chi connectivity index (χ1v) is 6.15. The van der Waals surface area contributed by atoms with Gasteiger partial charge in [-0.15, -0.1) is 5.10 Å². The van der Waals surface area contributed by atoms with E-state index in [9.17, 15) is 14.5 Å². The summed E-state index contributed by atoms with van der Waals surface area (Å²) in [7, 11) is 0. The second kappa shape index (κ2) is 5.74. The summed E-state index contributed by atoms with van der Waals surface area (Å²) in [5, 5.41) is 18.3. The number of benzene rings is 1. The lowest BCUT2D eigenvalue weighted by Gasteiger charge is -2.04. The first kappa shape index (κ1) is 14.1. The molecule has 8 heteroatoms. The van der Waals surface area contributed by atoms with Crippen molar-refractivity contribution in [3.05, 3.63) is 46.0 Å². The van der Waals surface area contributed by atoms with Crippen LogP contribution in [0.4, 0.5) is 10.1 Å². The Hall–Kier alpha value is -2.35. The normalized spacial score (nSPS) is 12.3. The van der Waals surface area contributed by atoms with Gasteiger partial charge in [-0.3, -0.25) is 10.1 Å². The molecule has 0 fully saturated rings. The van der Waals surface area contributed by atoms with Crippen molar-refractivity contribution in [2.45, 2.75) is 25.8 Å². The molecule has 1 atom stereocenters. The molecule has 106 valence electrons. The highest BCUT2D eigenvalue weighted by Gasteiger charge is 2.16. The molecule has 0 aliphatic carbocycles. The van der Waals surface area contributed by atoms with Gasteiger partial charge in [-0.1, -0.05) is 18.6 Å². The van der Waals surface area contributed by atoms with Crippen LogP contribution in [0.2, 0.25) is 0 Å². The number of nitro groups is 1. The van der Waals surface area contributed by atoms with E-state index in [2.05, 4.69) is 10.3 Å². The Bertz CT molecular complexity index is 628. The lowest BCUT2D eigenvalue weighted by Crippen LogP contribution is -2.10. The molecule has 0 amide bonds. The predicted octanol–water partition coefficient (Wildman–Crippen LogP) is 2.11. The van der Waals surface area contributed by atoms with Gasteiger partial charge in [0.25, 0.3) is 0 Å². The van der Waals surface area contributed by atoms with E-state index in [1.807, 2.05) is 6.92 Å². The number of hydrogen-bond acceptors (Lipinski definition) is 5. The van der Waals surface area contributed by atoms with E-state index in [4.69, 9.17) is 5.73 Å². The summed E-state index contributed by atoms with van der Waals surface area (Å²) in [6.45, 7) is 2.01. The molecule has 20 heavy (non-hydrogen) atoms. The molecule has 0 aliphatic rings. The van der Waals surface area contributed by atoms with Crippen LogP contribution in [0.1, 0.15) is 31.5 Å². The number of nitrogens with two attached hydrogens (primary N) is 1. The Morgan fingerprint density at radius 3 is 2.90 bits per heavy atom. The van der Waals surface area contributed by atoms with E-state index in [0.29, 0.717) is 11.4 Å². The average molecular weight is 279 g/mol. The van der Waals surface area contributed by atoms with Crippen LogP contribution in [0, 0.1) is 15.9 Å². The average Bonchev–Trinajstić information content (AvgIpc) is 2.88. The topological polar surface area (TPSA) is 99.9 Å². The van der Waals surface area contributed by atoms with Crippen LogP contribution >= 0.6 is 0 Å². The van der Waals surface area contributed by atoms with Gasteiger partial charge in [0, 0.05) is 12.1 Å². The molecule has 0 bridgehead atoms. The minimum atomic E-state index is -0.914. The Morgan fingerprint density at radius 2 is 2.30 bits per heavy atom. The van der Waals surface area contributed by atoms with Gasteiger partial charge in [0.1, 0.15) is 0 Å². The molecule has 2 N–H and O–H groups in total. The lowest BCUT2D eigenvalue weighted by molar-refractivity contribution is -0.387. The zero-order valence-corrected chi connectivity index (χ0v) is 10.9. The summed E-state index contributed by atoms with van der Waals surface area (Å²) in [6, 6.07) is 3.32. The molecule has 0 saturated heterocycles. The largest absolute Gasteiger partial charge is 0.323 e. The van der Waals surface area contributed by atoms with Crippen LogP contribution < -0.4 is 5.73 Å². The van der Waals surface area contributed by atoms with Crippen molar-refractivity contribution in [3.8, 4) is 5.69 Å². The SMILES string of the molecule is CCCC(N)c1cn(-c2ccc([N+](=O)[O-])c(F)c2)nn1. The number of aromatic nitrogens is 3. The van der Waals surface area contributed by atoms with Gasteiger partial charge < -0.3 is 5.73 Å². The monoisotopic (exact) mass is 279 g/mol. The van der Waals surface area contributed by atoms with Crippen molar-refractivity contribution in [2.24, 2.45) is 5.73 Å². The molecule has 1 aromatic carbocycles. The minimum absolute atomic E-state index is 0.225. The predicted molar refractivity (Wildman–Crippen MR) is 69.8 cm³/mol. The van der Waals surface area contributed by atoms with Crippen LogP contribution in [0.25, 0.3) is 5.69 Å². The summed E-state index contributed by atoms with van der Waals surface area (Å²) < 4.78 is 14.9. The number of hydrogen-bond donors (Lipinski definition) is 1. The Balaban J connectivity index is 2.28. The van der Waals surface area contributed by atoms with Crippen LogP contribution in [-0.2, 0) is 0 Å². The highest BCUT2D eigenvalue weighted by molar-refractivity contribution is 5.41. The zero-order chi connectivity index (χ0) is 14.7. The van der Waals surface area contributed by atoms with Crippen molar-refractivity contribution in [1.29, 1.82) is 0 Å². The van der Waals surface area contributed by atoms with Crippen molar-refractivity contribution in [2.75, 3.05) is 0 Å². The fourth-order valence-corrected chi connectivity index (χ4v) is 1.82. The second-order valence-electron chi connectivity index (χ2n) is 4.38. The van der Waals surface area contributed by atoms with Crippen molar-refractivity contribution >= 4 is 5.69 Å². The maximum atomic E-state index is 13.5. The van der Waals surface area contributed by atoms with Crippen molar-refractivity contribution in [1.82, 2.24) is 15.0 Å². The summed E-state index contributed by atoms with van der Waals surface area (Å²) in [5.41, 5.74) is 6.30. The number of nitrogens with zero attached hydrogens (tertiary/aromatic N) is 4. The summed E-state index contributed by atoms with van der Waals surface area (Å²) in [6.07, 6.45) is 3.29. The fourth-order valence-electron chi connectivity index (χ4n) is 1.82. The first-order chi connectivity index (χ1) is 9.52. The minimum Gasteiger partial charge on any atom is -0.323 e. The number of rotatable bonds is 5. The number of halogens is 1. The Kier molecular flexibility index (Phi) is 4.04. The fraction of sp³-hybridized carbons (Fsp3) is 0.333. The van der Waals surface area contributed by atoms with Gasteiger partial charge in [-0.25, -0.2) is 4.68 Å². The van der Waals surface area contributed by atoms with E-state index < -0.39 is 16.4 Å². The number of nitro benzene ring substituents is 1. The smallest absolute Gasteiger partial charge is 0.304 e. The first-order valence-electron chi connectivity index (χ1n) is 6.15. The van der Waals surface area contributed by atoms with Gasteiger partial charge in [-0.05, 0) is 12.5 Å². The molecule has 1 aromatic heterocycles. The van der Waals surface area contributed by atoms with Crippen LogP contribution in [-0.4, -0.2) is 19.9 Å². The molecule has 1 heterocycles. The molecule has 2 rings (SSSR count). The highest BCUT2D eigenvalue weighted by Crippen LogP contribution is 2.21. The summed E-state index contributed by atoms with van der Waals surface area (Å²) in [4.78, 5) is 9.77. The maximum Gasteiger partial charge on any atom is 0.304 e. The van der Waals surface area contributed by atoms with Crippen molar-refractivity contribution in [3.63, 3.8) is 0 Å². The molecule has 1 unspecified atom stereocenters. The maximum absolute atomic E-state index is 13.5. The molecular weight excluding hydrogens is 265 g/mol. The van der Waals surface area contributed by atoms with E-state index in [-0.39, 0.29) is 6.04 Å². The van der Waals surface area contributed by atoms with E-state index in [1.54, 1.807) is 6.20 Å². The van der Waals surface area contributed by atoms with E-state index in [0.717, 1.165) is 25.0 Å². The van der Waals surface area contributed by atoms with Gasteiger partial charge in [-0.2, -0.15) is 4.39 Å². The van der Waals surface area contributed by atoms with Crippen molar-refractivity contribution < 1.29 is 9.31 Å². The zero-order valence-electron chi connectivity index (χ0n) is 10.9. The van der Waals surface area contributed by atoms with E-state index in [1.165, 1.54) is 10.7 Å². The standard InChI is InChI=1S/C12H14FN5O2/c1-2-3-10(14)11-7-17(16-15-11)8-4-5-12(18(19)20)9(13)6-8/h4-7,10H,2-3,14H2,1H3. The molecule has 0 radical (unpaired) electrons. The highest BCUT2D eigenvalue weighted by atomic mass is 19.1. The molecule has 2 aromatic rings. The van der Waals surface area contributed by atoms with Crippen LogP contribution in [0.15, 0.2) is 24.4 Å². The Morgan fingerprint density at radius 1 is 1.55 bits per heavy atom. The molecule has 7 nitrogen and oxygen atoms in total. The third-order valence-electron chi connectivity index (χ3n) is 2.88.